The summed E-state index contributed by atoms with van der Waals surface area (Å²) in [6.45, 7) is -0.304. The van der Waals surface area contributed by atoms with E-state index in [4.69, 9.17) is 21.1 Å². The lowest BCUT2D eigenvalue weighted by molar-refractivity contribution is -0.142. The molecule has 0 aromatic carbocycles. The smallest absolute Gasteiger partial charge is 0.146 e. The van der Waals surface area contributed by atoms with Crippen molar-refractivity contribution < 1.29 is 20.4 Å². The molecule has 0 aromatic heterocycles. The molecular formula is C6H15NO4. The van der Waals surface area contributed by atoms with Crippen molar-refractivity contribution in [3.05, 3.63) is 0 Å². The third-order valence-corrected chi connectivity index (χ3v) is 1.98. The van der Waals surface area contributed by atoms with E-state index in [0.717, 1.165) is 0 Å². The monoisotopic (exact) mass is 165 g/mol. The first-order valence-electron chi connectivity index (χ1n) is 3.27. The number of hydrogen-bond acceptors (Lipinski definition) is 5. The fraction of sp³-hybridized carbons (Fsp3) is 1.00. The molecule has 68 valence electrons. The molecule has 0 rings (SSSR count). The Labute approximate surface area is 65.1 Å². The van der Waals surface area contributed by atoms with Crippen LogP contribution >= 0.6 is 0 Å². The van der Waals surface area contributed by atoms with Gasteiger partial charge in [-0.15, -0.1) is 0 Å². The lowest BCUT2D eigenvalue weighted by Gasteiger charge is -2.38. The molecule has 0 aliphatic heterocycles. The summed E-state index contributed by atoms with van der Waals surface area (Å²) in [4.78, 5) is 0. The highest BCUT2D eigenvalue weighted by Gasteiger charge is 2.42. The normalized spacial score (nSPS) is 18.0. The average Bonchev–Trinajstić information content (AvgIpc) is 2.02. The third-order valence-electron chi connectivity index (χ3n) is 1.98. The van der Waals surface area contributed by atoms with E-state index in [1.165, 1.54) is 6.92 Å². The molecule has 0 aliphatic carbocycles. The van der Waals surface area contributed by atoms with E-state index >= 15 is 0 Å². The highest BCUT2D eigenvalue weighted by molar-refractivity contribution is 4.90. The van der Waals surface area contributed by atoms with Crippen LogP contribution in [0.4, 0.5) is 0 Å². The Balaban J connectivity index is 4.47. The van der Waals surface area contributed by atoms with Gasteiger partial charge in [0.25, 0.3) is 0 Å². The van der Waals surface area contributed by atoms with Gasteiger partial charge in [-0.1, -0.05) is 6.92 Å². The van der Waals surface area contributed by atoms with Crippen molar-refractivity contribution in [2.24, 2.45) is 11.1 Å². The van der Waals surface area contributed by atoms with Crippen LogP contribution in [0, 0.1) is 5.41 Å². The van der Waals surface area contributed by atoms with Crippen molar-refractivity contribution in [1.82, 2.24) is 0 Å². The maximum atomic E-state index is 9.25. The molecule has 0 aliphatic rings. The standard InChI is InChI=1S/C6H15NO4/c1-5(2-8,3-9)6(7,11)4-10/h8-11H,2-4,7H2,1H3. The predicted octanol–water partition coefficient (Wildman–Crippen LogP) is -2.38. The number of hydrogen-bond donors (Lipinski definition) is 5. The van der Waals surface area contributed by atoms with E-state index in [-0.39, 0.29) is 0 Å². The molecule has 0 amide bonds. The molecule has 0 aromatic rings. The van der Waals surface area contributed by atoms with E-state index in [1.54, 1.807) is 0 Å². The van der Waals surface area contributed by atoms with E-state index in [9.17, 15) is 5.11 Å². The molecule has 1 unspecified atom stereocenters. The second kappa shape index (κ2) is 3.46. The minimum atomic E-state index is -1.95. The summed E-state index contributed by atoms with van der Waals surface area (Å²) in [6.07, 6.45) is 0. The second-order valence-electron chi connectivity index (χ2n) is 2.96. The molecule has 0 heterocycles. The fourth-order valence-electron chi connectivity index (χ4n) is 0.515. The number of rotatable bonds is 4. The van der Waals surface area contributed by atoms with Crippen molar-refractivity contribution in [2.75, 3.05) is 19.8 Å². The molecule has 11 heavy (non-hydrogen) atoms. The van der Waals surface area contributed by atoms with Crippen LogP contribution in [0.15, 0.2) is 0 Å². The molecular weight excluding hydrogens is 150 g/mol. The zero-order valence-electron chi connectivity index (χ0n) is 6.49. The predicted molar refractivity (Wildman–Crippen MR) is 38.5 cm³/mol. The van der Waals surface area contributed by atoms with Crippen LogP contribution in [0.5, 0.6) is 0 Å². The van der Waals surface area contributed by atoms with Crippen LogP contribution < -0.4 is 5.73 Å². The molecule has 1 atom stereocenters. The number of aliphatic hydroxyl groups is 4. The topological polar surface area (TPSA) is 107 Å². The first-order chi connectivity index (χ1) is 4.93. The summed E-state index contributed by atoms with van der Waals surface area (Å²) in [5.74, 6) is 0. The van der Waals surface area contributed by atoms with Crippen LogP contribution in [-0.2, 0) is 0 Å². The van der Waals surface area contributed by atoms with Gasteiger partial charge in [-0.3, -0.25) is 0 Å². The molecule has 0 radical (unpaired) electrons. The SMILES string of the molecule is CC(CO)(CO)C(N)(O)CO. The Morgan fingerprint density at radius 3 is 1.55 bits per heavy atom. The van der Waals surface area contributed by atoms with Crippen molar-refractivity contribution in [2.45, 2.75) is 12.6 Å². The summed E-state index contributed by atoms with van der Waals surface area (Å²) in [7, 11) is 0. The minimum absolute atomic E-state index is 0.489. The quantitative estimate of drug-likeness (QED) is 0.299. The number of nitrogens with two attached hydrogens (primary N) is 1. The zero-order chi connectivity index (χ0) is 9.12. The van der Waals surface area contributed by atoms with Gasteiger partial charge >= 0.3 is 0 Å². The van der Waals surface area contributed by atoms with Gasteiger partial charge in [0.2, 0.25) is 0 Å². The summed E-state index contributed by atoms with van der Waals surface area (Å²) in [5, 5.41) is 35.3. The molecule has 0 spiro atoms. The summed E-state index contributed by atoms with van der Waals surface area (Å²) in [6, 6.07) is 0. The molecule has 5 nitrogen and oxygen atoms in total. The van der Waals surface area contributed by atoms with E-state index in [2.05, 4.69) is 0 Å². The largest absolute Gasteiger partial charge is 0.396 e. The van der Waals surface area contributed by atoms with Crippen molar-refractivity contribution in [3.63, 3.8) is 0 Å². The lowest BCUT2D eigenvalue weighted by atomic mass is 9.81. The van der Waals surface area contributed by atoms with Crippen LogP contribution in [0.3, 0.4) is 0 Å². The highest BCUT2D eigenvalue weighted by atomic mass is 16.4. The fourth-order valence-corrected chi connectivity index (χ4v) is 0.515. The third kappa shape index (κ3) is 1.88. The van der Waals surface area contributed by atoms with Gasteiger partial charge in [0, 0.05) is 0 Å². The maximum absolute atomic E-state index is 9.25. The van der Waals surface area contributed by atoms with Gasteiger partial charge in [0.05, 0.1) is 25.2 Å². The van der Waals surface area contributed by atoms with Crippen molar-refractivity contribution in [3.8, 4) is 0 Å². The highest BCUT2D eigenvalue weighted by Crippen LogP contribution is 2.25. The van der Waals surface area contributed by atoms with E-state index < -0.39 is 31.0 Å². The lowest BCUT2D eigenvalue weighted by Crippen LogP contribution is -2.60. The molecule has 6 N–H and O–H groups in total. The molecule has 0 fully saturated rings. The van der Waals surface area contributed by atoms with Crippen LogP contribution in [-0.4, -0.2) is 46.0 Å². The Kier molecular flexibility index (Phi) is 3.40. The minimum Gasteiger partial charge on any atom is -0.396 e. The molecule has 0 saturated carbocycles. The maximum Gasteiger partial charge on any atom is 0.146 e. The van der Waals surface area contributed by atoms with Gasteiger partial charge in [0.15, 0.2) is 0 Å². The average molecular weight is 165 g/mol. The van der Waals surface area contributed by atoms with Gasteiger partial charge < -0.3 is 26.2 Å². The summed E-state index contributed by atoms with van der Waals surface area (Å²) >= 11 is 0. The Bertz CT molecular complexity index is 122. The molecule has 0 saturated heterocycles. The first-order valence-corrected chi connectivity index (χ1v) is 3.27. The van der Waals surface area contributed by atoms with Crippen LogP contribution in [0.25, 0.3) is 0 Å². The van der Waals surface area contributed by atoms with Crippen molar-refractivity contribution in [1.29, 1.82) is 0 Å². The van der Waals surface area contributed by atoms with Gasteiger partial charge in [-0.05, 0) is 0 Å². The van der Waals surface area contributed by atoms with Crippen LogP contribution in [0.1, 0.15) is 6.92 Å². The molecule has 5 heteroatoms. The van der Waals surface area contributed by atoms with Gasteiger partial charge in [-0.25, -0.2) is 0 Å². The number of aliphatic hydroxyl groups excluding tert-OH is 3. The Morgan fingerprint density at radius 2 is 1.45 bits per heavy atom. The first kappa shape index (κ1) is 10.8. The zero-order valence-corrected chi connectivity index (χ0v) is 6.49. The van der Waals surface area contributed by atoms with Gasteiger partial charge in [0.1, 0.15) is 5.72 Å². The van der Waals surface area contributed by atoms with E-state index in [0.29, 0.717) is 0 Å². The van der Waals surface area contributed by atoms with Crippen LogP contribution in [0.2, 0.25) is 0 Å². The second-order valence-corrected chi connectivity index (χ2v) is 2.96. The Hall–Kier alpha value is -0.200. The summed E-state index contributed by atoms with van der Waals surface area (Å²) < 4.78 is 0. The Morgan fingerprint density at radius 1 is 1.09 bits per heavy atom. The van der Waals surface area contributed by atoms with E-state index in [1.807, 2.05) is 0 Å². The molecule has 0 bridgehead atoms. The van der Waals surface area contributed by atoms with Crippen molar-refractivity contribution >= 4 is 0 Å². The van der Waals surface area contributed by atoms with Gasteiger partial charge in [-0.2, -0.15) is 0 Å². The summed E-state index contributed by atoms with van der Waals surface area (Å²) in [5.41, 5.74) is 1.98.